The van der Waals surface area contributed by atoms with Crippen LogP contribution in [0.1, 0.15) is 33.9 Å². The molecule has 0 fully saturated rings. The van der Waals surface area contributed by atoms with Crippen molar-refractivity contribution in [3.05, 3.63) is 107 Å². The monoisotopic (exact) mass is 318 g/mol. The predicted octanol–water partition coefficient (Wildman–Crippen LogP) is 4.27. The minimum Gasteiger partial charge on any atom is -0.385 e. The highest BCUT2D eigenvalue weighted by molar-refractivity contribution is 5.46. The molecule has 0 aliphatic rings. The van der Waals surface area contributed by atoms with E-state index in [1.54, 1.807) is 0 Å². The minimum atomic E-state index is -1.52. The molecule has 0 amide bonds. The second kappa shape index (κ2) is 6.60. The van der Waals surface area contributed by atoms with Crippen molar-refractivity contribution in [2.75, 3.05) is 0 Å². The lowest BCUT2D eigenvalue weighted by Crippen LogP contribution is -2.36. The van der Waals surface area contributed by atoms with Gasteiger partial charge in [-0.05, 0) is 41.7 Å². The summed E-state index contributed by atoms with van der Waals surface area (Å²) in [7, 11) is 0. The summed E-state index contributed by atoms with van der Waals surface area (Å²) in [5.41, 5.74) is 2.49. The number of hydrogen-bond acceptors (Lipinski definition) is 2. The van der Waals surface area contributed by atoms with Gasteiger partial charge in [-0.1, -0.05) is 78.9 Å². The maximum Gasteiger partial charge on any atom is 0.145 e. The molecule has 24 heavy (non-hydrogen) atoms. The average Bonchev–Trinajstić information content (AvgIpc) is 2.62. The van der Waals surface area contributed by atoms with Gasteiger partial charge in [0, 0.05) is 0 Å². The fourth-order valence-corrected chi connectivity index (χ4v) is 3.32. The van der Waals surface area contributed by atoms with Gasteiger partial charge in [0.2, 0.25) is 0 Å². The Balaban J connectivity index is 2.26. The van der Waals surface area contributed by atoms with Crippen molar-refractivity contribution in [2.24, 2.45) is 0 Å². The Morgan fingerprint density at radius 3 is 1.54 bits per heavy atom. The summed E-state index contributed by atoms with van der Waals surface area (Å²) in [6.45, 7) is 3.91. The molecule has 2 N–H and O–H groups in total. The molecule has 0 heterocycles. The summed E-state index contributed by atoms with van der Waals surface area (Å²) in [5.74, 6) is 0. The van der Waals surface area contributed by atoms with Crippen molar-refractivity contribution in [1.82, 2.24) is 0 Å². The third-order valence-corrected chi connectivity index (χ3v) is 4.62. The highest BCUT2D eigenvalue weighted by Crippen LogP contribution is 2.43. The highest BCUT2D eigenvalue weighted by atomic mass is 16.3. The number of hydrogen-bond donors (Lipinski definition) is 2. The highest BCUT2D eigenvalue weighted by Gasteiger charge is 2.42. The van der Waals surface area contributed by atoms with Gasteiger partial charge in [0.1, 0.15) is 11.7 Å². The van der Waals surface area contributed by atoms with Crippen LogP contribution in [0, 0.1) is 13.8 Å². The summed E-state index contributed by atoms with van der Waals surface area (Å²) < 4.78 is 0. The van der Waals surface area contributed by atoms with Crippen LogP contribution in [0.4, 0.5) is 0 Å². The molecule has 3 rings (SSSR count). The zero-order valence-corrected chi connectivity index (χ0v) is 14.0. The van der Waals surface area contributed by atoms with E-state index in [0.717, 1.165) is 22.3 Å². The lowest BCUT2D eigenvalue weighted by molar-refractivity contribution is -0.0525. The Bertz CT molecular complexity index is 779. The molecule has 2 nitrogen and oxygen atoms in total. The van der Waals surface area contributed by atoms with Crippen LogP contribution in [0.25, 0.3) is 0 Å². The molecular formula is C22H22O2. The summed E-state index contributed by atoms with van der Waals surface area (Å²) in [4.78, 5) is 0. The van der Waals surface area contributed by atoms with Gasteiger partial charge in [-0.25, -0.2) is 0 Å². The average molecular weight is 318 g/mol. The topological polar surface area (TPSA) is 40.5 Å². The van der Waals surface area contributed by atoms with E-state index in [9.17, 15) is 10.2 Å². The summed E-state index contributed by atoms with van der Waals surface area (Å²) >= 11 is 0. The van der Waals surface area contributed by atoms with Crippen LogP contribution < -0.4 is 0 Å². The normalized spacial score (nSPS) is 12.8. The quantitative estimate of drug-likeness (QED) is 0.754. The molecule has 0 bridgehead atoms. The van der Waals surface area contributed by atoms with E-state index in [-0.39, 0.29) is 0 Å². The van der Waals surface area contributed by atoms with Gasteiger partial charge in [0.25, 0.3) is 0 Å². The maximum absolute atomic E-state index is 11.8. The number of rotatable bonds is 4. The molecule has 0 aromatic heterocycles. The largest absolute Gasteiger partial charge is 0.385 e. The van der Waals surface area contributed by atoms with E-state index >= 15 is 0 Å². The number of benzene rings is 3. The van der Waals surface area contributed by atoms with Gasteiger partial charge in [-0.15, -0.1) is 0 Å². The molecule has 0 aliphatic carbocycles. The number of aryl methyl sites for hydroxylation is 2. The third kappa shape index (κ3) is 2.75. The Morgan fingerprint density at radius 2 is 1.08 bits per heavy atom. The van der Waals surface area contributed by atoms with Crippen molar-refractivity contribution >= 4 is 0 Å². The number of aliphatic hydroxyl groups excluding tert-OH is 1. The second-order valence-electron chi connectivity index (χ2n) is 6.21. The van der Waals surface area contributed by atoms with Crippen molar-refractivity contribution in [2.45, 2.75) is 25.6 Å². The molecule has 3 aromatic rings. The summed E-state index contributed by atoms with van der Waals surface area (Å²) in [6.07, 6.45) is -1.07. The van der Waals surface area contributed by atoms with Gasteiger partial charge in [0.15, 0.2) is 0 Å². The molecule has 0 spiro atoms. The SMILES string of the molecule is Cc1ccccc1C(O)(c1ccccc1C)[C@H](O)c1ccccc1. The van der Waals surface area contributed by atoms with E-state index in [4.69, 9.17) is 0 Å². The fourth-order valence-electron chi connectivity index (χ4n) is 3.32. The third-order valence-electron chi connectivity index (χ3n) is 4.62. The summed E-state index contributed by atoms with van der Waals surface area (Å²) in [5, 5.41) is 22.9. The smallest absolute Gasteiger partial charge is 0.145 e. The Labute approximate surface area is 143 Å². The van der Waals surface area contributed by atoms with Crippen LogP contribution >= 0.6 is 0 Å². The molecule has 3 aromatic carbocycles. The fraction of sp³-hybridized carbons (Fsp3) is 0.182. The zero-order chi connectivity index (χ0) is 17.2. The minimum absolute atomic E-state index is 0.687. The van der Waals surface area contributed by atoms with Gasteiger partial charge in [-0.2, -0.15) is 0 Å². The van der Waals surface area contributed by atoms with E-state index in [2.05, 4.69) is 0 Å². The first-order chi connectivity index (χ1) is 11.5. The van der Waals surface area contributed by atoms with Crippen molar-refractivity contribution < 1.29 is 10.2 Å². The van der Waals surface area contributed by atoms with Crippen LogP contribution in [0.2, 0.25) is 0 Å². The van der Waals surface area contributed by atoms with Crippen LogP contribution in [0.15, 0.2) is 78.9 Å². The van der Waals surface area contributed by atoms with Crippen molar-refractivity contribution in [3.8, 4) is 0 Å². The maximum atomic E-state index is 11.8. The molecule has 2 heteroatoms. The van der Waals surface area contributed by atoms with Crippen LogP contribution in [-0.4, -0.2) is 10.2 Å². The molecule has 1 atom stereocenters. The molecule has 0 saturated carbocycles. The second-order valence-corrected chi connectivity index (χ2v) is 6.21. The summed E-state index contributed by atoms with van der Waals surface area (Å²) in [6, 6.07) is 24.7. The van der Waals surface area contributed by atoms with Gasteiger partial charge >= 0.3 is 0 Å². The standard InChI is InChI=1S/C22H22O2/c1-16-10-6-8-14-19(16)22(24,20-15-9-7-11-17(20)2)21(23)18-12-4-3-5-13-18/h3-15,21,23-24H,1-2H3/t21-/m1/s1. The molecule has 0 unspecified atom stereocenters. The van der Waals surface area contributed by atoms with Gasteiger partial charge in [0.05, 0.1) is 0 Å². The Kier molecular flexibility index (Phi) is 4.52. The zero-order valence-electron chi connectivity index (χ0n) is 14.0. The van der Waals surface area contributed by atoms with Crippen LogP contribution in [0.3, 0.4) is 0 Å². The van der Waals surface area contributed by atoms with Crippen molar-refractivity contribution in [3.63, 3.8) is 0 Å². The van der Waals surface area contributed by atoms with Crippen LogP contribution in [0.5, 0.6) is 0 Å². The van der Waals surface area contributed by atoms with Crippen molar-refractivity contribution in [1.29, 1.82) is 0 Å². The lowest BCUT2D eigenvalue weighted by atomic mass is 9.76. The van der Waals surface area contributed by atoms with Gasteiger partial charge in [-0.3, -0.25) is 0 Å². The van der Waals surface area contributed by atoms with E-state index in [1.165, 1.54) is 0 Å². The molecule has 0 saturated heterocycles. The first kappa shape index (κ1) is 16.4. The molecule has 122 valence electrons. The number of aliphatic hydroxyl groups is 2. The molecular weight excluding hydrogens is 296 g/mol. The van der Waals surface area contributed by atoms with E-state index < -0.39 is 11.7 Å². The molecule has 0 radical (unpaired) electrons. The van der Waals surface area contributed by atoms with E-state index in [1.807, 2.05) is 92.7 Å². The first-order valence-corrected chi connectivity index (χ1v) is 8.12. The van der Waals surface area contributed by atoms with E-state index in [0.29, 0.717) is 5.56 Å². The van der Waals surface area contributed by atoms with Crippen LogP contribution in [-0.2, 0) is 5.60 Å². The Hall–Kier alpha value is -2.42. The first-order valence-electron chi connectivity index (χ1n) is 8.12. The molecule has 0 aliphatic heterocycles. The lowest BCUT2D eigenvalue weighted by Gasteiger charge is -2.36. The Morgan fingerprint density at radius 1 is 0.667 bits per heavy atom. The predicted molar refractivity (Wildman–Crippen MR) is 96.8 cm³/mol. The van der Waals surface area contributed by atoms with Gasteiger partial charge < -0.3 is 10.2 Å².